The van der Waals surface area contributed by atoms with Crippen LogP contribution in [0.4, 0.5) is 5.82 Å². The van der Waals surface area contributed by atoms with Gasteiger partial charge in [-0.15, -0.1) is 0 Å². The molecule has 1 aliphatic heterocycles. The molecule has 1 fully saturated rings. The molecule has 1 atom stereocenters. The van der Waals surface area contributed by atoms with Crippen molar-refractivity contribution in [3.05, 3.63) is 23.9 Å². The minimum Gasteiger partial charge on any atom is -0.366 e. The molecule has 1 aromatic rings. The number of aromatic nitrogens is 1. The third-order valence-electron chi connectivity index (χ3n) is 2.72. The van der Waals surface area contributed by atoms with Crippen molar-refractivity contribution < 1.29 is 4.79 Å². The standard InChI is InChI=1S/C11H16N4O/c1-8-7-15(5-4-13-8)10-6-9(11(12)16)2-3-14-10/h2-3,6,8,13H,4-5,7H2,1H3,(H2,12,16)/t8-/m0/s1. The SMILES string of the molecule is C[C@H]1CN(c2cc(C(N)=O)ccn2)CCN1. The maximum absolute atomic E-state index is 11.1. The average molecular weight is 220 g/mol. The Morgan fingerprint density at radius 2 is 2.50 bits per heavy atom. The zero-order chi connectivity index (χ0) is 11.5. The van der Waals surface area contributed by atoms with Gasteiger partial charge >= 0.3 is 0 Å². The van der Waals surface area contributed by atoms with E-state index in [1.54, 1.807) is 18.3 Å². The molecule has 0 saturated carbocycles. The summed E-state index contributed by atoms with van der Waals surface area (Å²) in [7, 11) is 0. The molecule has 0 unspecified atom stereocenters. The lowest BCUT2D eigenvalue weighted by Gasteiger charge is -2.32. The minimum absolute atomic E-state index is 0.410. The van der Waals surface area contributed by atoms with E-state index in [2.05, 4.69) is 22.1 Å². The van der Waals surface area contributed by atoms with Gasteiger partial charge in [-0.25, -0.2) is 4.98 Å². The first-order valence-electron chi connectivity index (χ1n) is 5.41. The molecule has 3 N–H and O–H groups in total. The highest BCUT2D eigenvalue weighted by molar-refractivity contribution is 5.93. The molecular weight excluding hydrogens is 204 g/mol. The Morgan fingerprint density at radius 3 is 3.19 bits per heavy atom. The van der Waals surface area contributed by atoms with Gasteiger partial charge in [0.2, 0.25) is 5.91 Å². The first-order chi connectivity index (χ1) is 7.66. The quantitative estimate of drug-likeness (QED) is 0.734. The number of pyridine rings is 1. The van der Waals surface area contributed by atoms with Crippen LogP contribution in [-0.2, 0) is 0 Å². The van der Waals surface area contributed by atoms with E-state index >= 15 is 0 Å². The first-order valence-corrected chi connectivity index (χ1v) is 5.41. The number of hydrogen-bond donors (Lipinski definition) is 2. The number of carbonyl (C=O) groups is 1. The van der Waals surface area contributed by atoms with Gasteiger partial charge in [-0.05, 0) is 19.1 Å². The van der Waals surface area contributed by atoms with Crippen LogP contribution in [0.5, 0.6) is 0 Å². The van der Waals surface area contributed by atoms with Crippen molar-refractivity contribution in [2.24, 2.45) is 5.73 Å². The van der Waals surface area contributed by atoms with E-state index in [0.29, 0.717) is 11.6 Å². The molecule has 5 heteroatoms. The largest absolute Gasteiger partial charge is 0.366 e. The number of primary amides is 1. The molecule has 2 heterocycles. The molecule has 1 aromatic heterocycles. The second kappa shape index (κ2) is 4.49. The number of piperazine rings is 1. The van der Waals surface area contributed by atoms with Crippen LogP contribution in [0.3, 0.4) is 0 Å². The fraction of sp³-hybridized carbons (Fsp3) is 0.455. The lowest BCUT2D eigenvalue weighted by Crippen LogP contribution is -2.49. The summed E-state index contributed by atoms with van der Waals surface area (Å²) in [5, 5.41) is 3.36. The normalized spacial score (nSPS) is 20.8. The Labute approximate surface area is 94.6 Å². The molecule has 5 nitrogen and oxygen atoms in total. The van der Waals surface area contributed by atoms with Crippen molar-refractivity contribution in [2.45, 2.75) is 13.0 Å². The van der Waals surface area contributed by atoms with Crippen LogP contribution in [0.25, 0.3) is 0 Å². The summed E-state index contributed by atoms with van der Waals surface area (Å²) >= 11 is 0. The number of hydrogen-bond acceptors (Lipinski definition) is 4. The van der Waals surface area contributed by atoms with E-state index in [1.165, 1.54) is 0 Å². The highest BCUT2D eigenvalue weighted by Crippen LogP contribution is 2.14. The number of nitrogens with zero attached hydrogens (tertiary/aromatic N) is 2. The van der Waals surface area contributed by atoms with Crippen LogP contribution in [-0.4, -0.2) is 36.6 Å². The van der Waals surface area contributed by atoms with E-state index in [4.69, 9.17) is 5.73 Å². The lowest BCUT2D eigenvalue weighted by atomic mass is 10.2. The maximum Gasteiger partial charge on any atom is 0.248 e. The van der Waals surface area contributed by atoms with Crippen molar-refractivity contribution in [1.29, 1.82) is 0 Å². The third-order valence-corrected chi connectivity index (χ3v) is 2.72. The van der Waals surface area contributed by atoms with Crippen molar-refractivity contribution in [1.82, 2.24) is 10.3 Å². The fourth-order valence-electron chi connectivity index (χ4n) is 1.89. The van der Waals surface area contributed by atoms with Crippen LogP contribution >= 0.6 is 0 Å². The Kier molecular flexibility index (Phi) is 3.05. The highest BCUT2D eigenvalue weighted by atomic mass is 16.1. The summed E-state index contributed by atoms with van der Waals surface area (Å²) in [5.74, 6) is 0.413. The predicted octanol–water partition coefficient (Wildman–Crippen LogP) is -0.0214. The Bertz CT molecular complexity index is 393. The molecule has 0 radical (unpaired) electrons. The van der Waals surface area contributed by atoms with E-state index in [1.807, 2.05) is 0 Å². The number of carbonyl (C=O) groups excluding carboxylic acids is 1. The van der Waals surface area contributed by atoms with Gasteiger partial charge in [0.25, 0.3) is 0 Å². The second-order valence-electron chi connectivity index (χ2n) is 4.07. The monoisotopic (exact) mass is 220 g/mol. The summed E-state index contributed by atoms with van der Waals surface area (Å²) in [4.78, 5) is 17.5. The molecule has 1 aliphatic rings. The molecule has 1 saturated heterocycles. The van der Waals surface area contributed by atoms with Crippen LogP contribution in [0.15, 0.2) is 18.3 Å². The van der Waals surface area contributed by atoms with Gasteiger partial charge in [-0.1, -0.05) is 0 Å². The van der Waals surface area contributed by atoms with Crippen LogP contribution in [0.1, 0.15) is 17.3 Å². The number of nitrogens with two attached hydrogens (primary N) is 1. The molecule has 0 bridgehead atoms. The van der Waals surface area contributed by atoms with Gasteiger partial charge in [0.05, 0.1) is 0 Å². The number of rotatable bonds is 2. The van der Waals surface area contributed by atoms with Gasteiger partial charge in [0.1, 0.15) is 5.82 Å². The number of anilines is 1. The van der Waals surface area contributed by atoms with E-state index in [-0.39, 0.29) is 0 Å². The van der Waals surface area contributed by atoms with Crippen molar-refractivity contribution >= 4 is 11.7 Å². The predicted molar refractivity (Wildman–Crippen MR) is 62.4 cm³/mol. The van der Waals surface area contributed by atoms with Gasteiger partial charge in [0, 0.05) is 37.4 Å². The Morgan fingerprint density at radius 1 is 1.69 bits per heavy atom. The highest BCUT2D eigenvalue weighted by Gasteiger charge is 2.17. The van der Waals surface area contributed by atoms with Crippen molar-refractivity contribution in [2.75, 3.05) is 24.5 Å². The van der Waals surface area contributed by atoms with E-state index in [9.17, 15) is 4.79 Å². The van der Waals surface area contributed by atoms with Crippen LogP contribution in [0, 0.1) is 0 Å². The van der Waals surface area contributed by atoms with Crippen molar-refractivity contribution in [3.8, 4) is 0 Å². The zero-order valence-electron chi connectivity index (χ0n) is 9.31. The summed E-state index contributed by atoms with van der Waals surface area (Å²) in [6, 6.07) is 3.82. The van der Waals surface area contributed by atoms with Gasteiger partial charge in [-0.3, -0.25) is 4.79 Å². The summed E-state index contributed by atoms with van der Waals surface area (Å²) in [6.45, 7) is 4.86. The Hall–Kier alpha value is -1.62. The molecule has 0 aliphatic carbocycles. The Balaban J connectivity index is 2.19. The minimum atomic E-state index is -0.410. The number of amides is 1. The third kappa shape index (κ3) is 2.30. The second-order valence-corrected chi connectivity index (χ2v) is 4.07. The van der Waals surface area contributed by atoms with Crippen LogP contribution in [0.2, 0.25) is 0 Å². The van der Waals surface area contributed by atoms with Gasteiger partial charge < -0.3 is 16.0 Å². The first kappa shape index (κ1) is 10.9. The maximum atomic E-state index is 11.1. The molecule has 2 rings (SSSR count). The van der Waals surface area contributed by atoms with Crippen molar-refractivity contribution in [3.63, 3.8) is 0 Å². The molecular formula is C11H16N4O. The molecule has 1 amide bonds. The molecule has 0 aromatic carbocycles. The zero-order valence-corrected chi connectivity index (χ0v) is 9.31. The summed E-state index contributed by atoms with van der Waals surface area (Å²) < 4.78 is 0. The molecule has 86 valence electrons. The average Bonchev–Trinajstić information content (AvgIpc) is 2.29. The molecule has 0 spiro atoms. The summed E-state index contributed by atoms with van der Waals surface area (Å²) in [6.07, 6.45) is 1.63. The van der Waals surface area contributed by atoms with Crippen LogP contribution < -0.4 is 16.0 Å². The fourth-order valence-corrected chi connectivity index (χ4v) is 1.89. The van der Waals surface area contributed by atoms with E-state index in [0.717, 1.165) is 25.5 Å². The van der Waals surface area contributed by atoms with E-state index < -0.39 is 5.91 Å². The molecule has 16 heavy (non-hydrogen) atoms. The lowest BCUT2D eigenvalue weighted by molar-refractivity contribution is 0.1000. The van der Waals surface area contributed by atoms with Gasteiger partial charge in [0.15, 0.2) is 0 Å². The van der Waals surface area contributed by atoms with Gasteiger partial charge in [-0.2, -0.15) is 0 Å². The number of nitrogens with one attached hydrogen (secondary N) is 1. The smallest absolute Gasteiger partial charge is 0.248 e. The summed E-state index contributed by atoms with van der Waals surface area (Å²) in [5.41, 5.74) is 5.75. The topological polar surface area (TPSA) is 71.2 Å².